The van der Waals surface area contributed by atoms with E-state index >= 15 is 0 Å². The van der Waals surface area contributed by atoms with Crippen molar-refractivity contribution >= 4 is 29.1 Å². The van der Waals surface area contributed by atoms with Crippen molar-refractivity contribution in [3.05, 3.63) is 105 Å². The van der Waals surface area contributed by atoms with E-state index in [0.29, 0.717) is 28.1 Å². The van der Waals surface area contributed by atoms with Crippen molar-refractivity contribution in [2.75, 3.05) is 10.6 Å². The fraction of sp³-hybridized carbons (Fsp3) is 0.200. The van der Waals surface area contributed by atoms with Gasteiger partial charge in [-0.25, -0.2) is 14.2 Å². The Morgan fingerprint density at radius 3 is 2.26 bits per heavy atom. The molecular formula is C30H29FN4O4. The molecule has 8 nitrogen and oxygen atoms in total. The molecule has 200 valence electrons. The molecule has 0 spiro atoms. The van der Waals surface area contributed by atoms with Crippen LogP contribution in [0.5, 0.6) is 0 Å². The summed E-state index contributed by atoms with van der Waals surface area (Å²) in [5, 5.41) is 14.8. The molecule has 0 saturated carbocycles. The Balaban J connectivity index is 1.66. The van der Waals surface area contributed by atoms with Crippen molar-refractivity contribution in [1.82, 2.24) is 9.55 Å². The highest BCUT2D eigenvalue weighted by atomic mass is 19.1. The Morgan fingerprint density at radius 1 is 0.974 bits per heavy atom. The Kier molecular flexibility index (Phi) is 7.36. The first-order valence-corrected chi connectivity index (χ1v) is 12.2. The highest BCUT2D eigenvalue weighted by Crippen LogP contribution is 2.29. The van der Waals surface area contributed by atoms with Gasteiger partial charge in [-0.3, -0.25) is 9.59 Å². The maximum atomic E-state index is 14.7. The van der Waals surface area contributed by atoms with Gasteiger partial charge in [0.25, 0.3) is 11.5 Å². The van der Waals surface area contributed by atoms with Gasteiger partial charge in [-0.2, -0.15) is 0 Å². The van der Waals surface area contributed by atoms with Crippen LogP contribution in [0, 0.1) is 12.7 Å². The first kappa shape index (κ1) is 27.3. The van der Waals surface area contributed by atoms with Gasteiger partial charge in [0, 0.05) is 30.1 Å². The summed E-state index contributed by atoms with van der Waals surface area (Å²) in [5.74, 6) is -2.87. The fourth-order valence-corrected chi connectivity index (χ4v) is 4.10. The molecule has 0 unspecified atom stereocenters. The number of aromatic nitrogens is 2. The largest absolute Gasteiger partial charge is 0.478 e. The van der Waals surface area contributed by atoms with E-state index in [9.17, 15) is 23.9 Å². The normalized spacial score (nSPS) is 11.2. The van der Waals surface area contributed by atoms with E-state index in [2.05, 4.69) is 36.4 Å². The van der Waals surface area contributed by atoms with Crippen LogP contribution in [0.2, 0.25) is 0 Å². The quantitative estimate of drug-likeness (QED) is 0.288. The van der Waals surface area contributed by atoms with Crippen molar-refractivity contribution in [2.24, 2.45) is 7.05 Å². The number of carboxylic acid groups (broad SMARTS) is 1. The number of nitrogens with one attached hydrogen (secondary N) is 2. The van der Waals surface area contributed by atoms with Crippen LogP contribution in [-0.2, 0) is 12.5 Å². The standard InChI is InChI=1S/C30H29FN4O4/c1-17-20(8-6-10-22(17)34-27(36)18-12-14-19(15-13-18)30(2,3)4)24-16-35(5)28(37)26(33-24)32-23-11-7-9-21(25(23)31)29(38)39/h6-16H,1-5H3,(H,32,33)(H,34,36)(H,38,39). The average Bonchev–Trinajstić information content (AvgIpc) is 2.88. The number of aromatic carboxylic acids is 1. The van der Waals surface area contributed by atoms with Crippen LogP contribution in [0.1, 0.15) is 52.6 Å². The predicted octanol–water partition coefficient (Wildman–Crippen LogP) is 5.89. The Morgan fingerprint density at radius 2 is 1.62 bits per heavy atom. The molecule has 0 radical (unpaired) electrons. The van der Waals surface area contributed by atoms with Crippen LogP contribution in [-0.4, -0.2) is 26.5 Å². The average molecular weight is 529 g/mol. The lowest BCUT2D eigenvalue weighted by Crippen LogP contribution is -2.22. The highest BCUT2D eigenvalue weighted by Gasteiger charge is 2.18. The third-order valence-corrected chi connectivity index (χ3v) is 6.42. The summed E-state index contributed by atoms with van der Waals surface area (Å²) in [6, 6.07) is 16.6. The Labute approximate surface area is 225 Å². The minimum Gasteiger partial charge on any atom is -0.478 e. The maximum Gasteiger partial charge on any atom is 0.338 e. The zero-order valence-electron chi connectivity index (χ0n) is 22.3. The summed E-state index contributed by atoms with van der Waals surface area (Å²) in [5.41, 5.74) is 2.71. The molecule has 9 heteroatoms. The fourth-order valence-electron chi connectivity index (χ4n) is 4.10. The molecule has 3 aromatic carbocycles. The first-order chi connectivity index (χ1) is 18.4. The molecule has 0 aliphatic heterocycles. The topological polar surface area (TPSA) is 113 Å². The van der Waals surface area contributed by atoms with Crippen LogP contribution >= 0.6 is 0 Å². The molecule has 0 aliphatic rings. The molecule has 0 saturated heterocycles. The van der Waals surface area contributed by atoms with Gasteiger partial charge >= 0.3 is 5.97 Å². The zero-order valence-corrected chi connectivity index (χ0v) is 22.3. The summed E-state index contributed by atoms with van der Waals surface area (Å²) in [4.78, 5) is 41.5. The van der Waals surface area contributed by atoms with E-state index in [-0.39, 0.29) is 22.8 Å². The van der Waals surface area contributed by atoms with E-state index < -0.39 is 22.9 Å². The summed E-state index contributed by atoms with van der Waals surface area (Å²) in [6.45, 7) is 8.14. The minimum atomic E-state index is -1.43. The summed E-state index contributed by atoms with van der Waals surface area (Å²) < 4.78 is 16.0. The molecule has 39 heavy (non-hydrogen) atoms. The van der Waals surface area contributed by atoms with Crippen molar-refractivity contribution in [2.45, 2.75) is 33.1 Å². The molecule has 4 rings (SSSR count). The number of amides is 1. The lowest BCUT2D eigenvalue weighted by Gasteiger charge is -2.19. The Hall–Kier alpha value is -4.79. The number of carbonyl (C=O) groups is 2. The third-order valence-electron chi connectivity index (χ3n) is 6.42. The summed E-state index contributed by atoms with van der Waals surface area (Å²) in [6.07, 6.45) is 1.54. The van der Waals surface area contributed by atoms with Crippen molar-refractivity contribution < 1.29 is 19.1 Å². The first-order valence-electron chi connectivity index (χ1n) is 12.2. The smallest absolute Gasteiger partial charge is 0.338 e. The number of aryl methyl sites for hydroxylation is 1. The second-order valence-electron chi connectivity index (χ2n) is 10.2. The summed E-state index contributed by atoms with van der Waals surface area (Å²) in [7, 11) is 1.53. The maximum absolute atomic E-state index is 14.7. The number of anilines is 3. The lowest BCUT2D eigenvalue weighted by atomic mass is 9.86. The molecule has 0 bridgehead atoms. The number of carboxylic acids is 1. The number of carbonyl (C=O) groups excluding carboxylic acids is 1. The SMILES string of the molecule is Cc1c(NC(=O)c2ccc(C(C)(C)C)cc2)cccc1-c1cn(C)c(=O)c(Nc2cccc(C(=O)O)c2F)n1. The summed E-state index contributed by atoms with van der Waals surface area (Å²) >= 11 is 0. The van der Waals surface area contributed by atoms with Gasteiger partial charge < -0.3 is 20.3 Å². The van der Waals surface area contributed by atoms with Crippen LogP contribution in [0.15, 0.2) is 71.7 Å². The highest BCUT2D eigenvalue weighted by molar-refractivity contribution is 6.05. The monoisotopic (exact) mass is 528 g/mol. The number of nitrogens with zero attached hydrogens (tertiary/aromatic N) is 2. The second kappa shape index (κ2) is 10.5. The van der Waals surface area contributed by atoms with Crippen LogP contribution in [0.3, 0.4) is 0 Å². The number of benzene rings is 3. The van der Waals surface area contributed by atoms with Crippen LogP contribution in [0.4, 0.5) is 21.6 Å². The molecular weight excluding hydrogens is 499 g/mol. The van der Waals surface area contributed by atoms with Crippen molar-refractivity contribution in [1.29, 1.82) is 0 Å². The molecule has 0 fully saturated rings. The predicted molar refractivity (Wildman–Crippen MR) is 149 cm³/mol. The van der Waals surface area contributed by atoms with Crippen molar-refractivity contribution in [3.8, 4) is 11.3 Å². The second-order valence-corrected chi connectivity index (χ2v) is 10.2. The van der Waals surface area contributed by atoms with E-state index in [4.69, 9.17) is 0 Å². The van der Waals surface area contributed by atoms with Crippen LogP contribution < -0.4 is 16.2 Å². The number of rotatable bonds is 6. The van der Waals surface area contributed by atoms with Crippen molar-refractivity contribution in [3.63, 3.8) is 0 Å². The van der Waals surface area contributed by atoms with Crippen LogP contribution in [0.25, 0.3) is 11.3 Å². The van der Waals surface area contributed by atoms with E-state index in [1.54, 1.807) is 30.3 Å². The van der Waals surface area contributed by atoms with Gasteiger partial charge in [0.15, 0.2) is 11.6 Å². The number of hydrogen-bond donors (Lipinski definition) is 3. The van der Waals surface area contributed by atoms with E-state index in [0.717, 1.165) is 11.6 Å². The molecule has 4 aromatic rings. The molecule has 1 amide bonds. The molecule has 0 aliphatic carbocycles. The van der Waals surface area contributed by atoms with Gasteiger partial charge in [0.1, 0.15) is 0 Å². The molecule has 1 heterocycles. The molecule has 0 atom stereocenters. The molecule has 1 aromatic heterocycles. The Bertz CT molecular complexity index is 1640. The number of hydrogen-bond acceptors (Lipinski definition) is 5. The van der Waals surface area contributed by atoms with Gasteiger partial charge in [0.05, 0.1) is 16.9 Å². The lowest BCUT2D eigenvalue weighted by molar-refractivity contribution is 0.0691. The number of halogens is 1. The zero-order chi connectivity index (χ0) is 28.5. The van der Waals surface area contributed by atoms with E-state index in [1.165, 1.54) is 29.9 Å². The van der Waals surface area contributed by atoms with Gasteiger partial charge in [-0.15, -0.1) is 0 Å². The molecule has 3 N–H and O–H groups in total. The third kappa shape index (κ3) is 5.72. The van der Waals surface area contributed by atoms with E-state index in [1.807, 2.05) is 19.1 Å². The van der Waals surface area contributed by atoms with Gasteiger partial charge in [0.2, 0.25) is 0 Å². The minimum absolute atomic E-state index is 0.0265. The van der Waals surface area contributed by atoms with Gasteiger partial charge in [-0.1, -0.05) is 51.1 Å². The van der Waals surface area contributed by atoms with Gasteiger partial charge in [-0.05, 0) is 53.8 Å².